The van der Waals surface area contributed by atoms with Crippen LogP contribution in [0.5, 0.6) is 0 Å². The lowest BCUT2D eigenvalue weighted by Gasteiger charge is -2.17. The van der Waals surface area contributed by atoms with E-state index < -0.39 is 17.7 Å². The molecule has 5 heteroatoms. The third-order valence-corrected chi connectivity index (χ3v) is 3.18. The molecule has 1 N–H and O–H groups in total. The molecule has 1 aromatic carbocycles. The van der Waals surface area contributed by atoms with Crippen molar-refractivity contribution in [3.8, 4) is 0 Å². The smallest absolute Gasteiger partial charge is 0.169 e. The lowest BCUT2D eigenvalue weighted by molar-refractivity contribution is 0.423. The standard InChI is InChI=1S/C14H14BrF2NO/c1-2-7-18-14(12-5-6-13(15)19-12)10-4-3-9(16)8-11(10)17/h3-6,8,14,18H,2,7H2,1H3. The average Bonchev–Trinajstić information content (AvgIpc) is 2.78. The molecule has 1 aromatic heterocycles. The van der Waals surface area contributed by atoms with Crippen LogP contribution in [0.1, 0.15) is 30.7 Å². The van der Waals surface area contributed by atoms with Crippen LogP contribution in [-0.4, -0.2) is 6.54 Å². The number of benzene rings is 1. The van der Waals surface area contributed by atoms with Crippen LogP contribution in [0.4, 0.5) is 8.78 Å². The van der Waals surface area contributed by atoms with E-state index >= 15 is 0 Å². The zero-order chi connectivity index (χ0) is 13.8. The Morgan fingerprint density at radius 1 is 1.26 bits per heavy atom. The SMILES string of the molecule is CCCNC(c1ccc(Br)o1)c1ccc(F)cc1F. The second kappa shape index (κ2) is 6.30. The van der Waals surface area contributed by atoms with Crippen LogP contribution in [-0.2, 0) is 0 Å². The summed E-state index contributed by atoms with van der Waals surface area (Å²) in [7, 11) is 0. The molecule has 0 saturated carbocycles. The molecule has 19 heavy (non-hydrogen) atoms. The molecule has 0 spiro atoms. The fourth-order valence-corrected chi connectivity index (χ4v) is 2.19. The predicted molar refractivity (Wildman–Crippen MR) is 72.9 cm³/mol. The molecule has 0 bridgehead atoms. The number of rotatable bonds is 5. The molecule has 2 aromatic rings. The lowest BCUT2D eigenvalue weighted by atomic mass is 10.0. The van der Waals surface area contributed by atoms with Crippen molar-refractivity contribution >= 4 is 15.9 Å². The summed E-state index contributed by atoms with van der Waals surface area (Å²) in [4.78, 5) is 0. The largest absolute Gasteiger partial charge is 0.452 e. The van der Waals surface area contributed by atoms with E-state index in [4.69, 9.17) is 4.42 Å². The minimum Gasteiger partial charge on any atom is -0.452 e. The van der Waals surface area contributed by atoms with Crippen LogP contribution in [0, 0.1) is 11.6 Å². The first-order chi connectivity index (χ1) is 9.11. The molecule has 0 fully saturated rings. The molecule has 2 rings (SSSR count). The van der Waals surface area contributed by atoms with Gasteiger partial charge >= 0.3 is 0 Å². The molecule has 0 aliphatic heterocycles. The van der Waals surface area contributed by atoms with Crippen molar-refractivity contribution in [2.24, 2.45) is 0 Å². The van der Waals surface area contributed by atoms with Crippen molar-refractivity contribution in [2.75, 3.05) is 6.54 Å². The third kappa shape index (κ3) is 3.42. The Kier molecular flexibility index (Phi) is 4.71. The monoisotopic (exact) mass is 329 g/mol. The molecule has 0 amide bonds. The summed E-state index contributed by atoms with van der Waals surface area (Å²) in [5.74, 6) is -0.580. The summed E-state index contributed by atoms with van der Waals surface area (Å²) in [5, 5.41) is 3.20. The highest BCUT2D eigenvalue weighted by molar-refractivity contribution is 9.10. The Morgan fingerprint density at radius 3 is 2.63 bits per heavy atom. The van der Waals surface area contributed by atoms with Crippen LogP contribution in [0.2, 0.25) is 0 Å². The molecule has 1 unspecified atom stereocenters. The van der Waals surface area contributed by atoms with Gasteiger partial charge in [0.1, 0.15) is 17.4 Å². The highest BCUT2D eigenvalue weighted by Gasteiger charge is 2.20. The van der Waals surface area contributed by atoms with E-state index in [-0.39, 0.29) is 0 Å². The van der Waals surface area contributed by atoms with Gasteiger partial charge in [-0.1, -0.05) is 13.0 Å². The number of furan rings is 1. The van der Waals surface area contributed by atoms with E-state index in [9.17, 15) is 8.78 Å². The fraction of sp³-hybridized carbons (Fsp3) is 0.286. The van der Waals surface area contributed by atoms with Gasteiger partial charge in [-0.05, 0) is 47.1 Å². The van der Waals surface area contributed by atoms with E-state index in [1.165, 1.54) is 12.1 Å². The molecule has 0 saturated heterocycles. The van der Waals surface area contributed by atoms with Gasteiger partial charge in [-0.2, -0.15) is 0 Å². The van der Waals surface area contributed by atoms with Crippen molar-refractivity contribution in [1.29, 1.82) is 0 Å². The van der Waals surface area contributed by atoms with E-state index in [0.717, 1.165) is 12.5 Å². The number of hydrogen-bond acceptors (Lipinski definition) is 2. The Hall–Kier alpha value is -1.20. The molecule has 0 radical (unpaired) electrons. The average molecular weight is 330 g/mol. The van der Waals surface area contributed by atoms with Crippen molar-refractivity contribution in [1.82, 2.24) is 5.32 Å². The van der Waals surface area contributed by atoms with Crippen LogP contribution in [0.15, 0.2) is 39.4 Å². The summed E-state index contributed by atoms with van der Waals surface area (Å²) in [6.07, 6.45) is 0.904. The van der Waals surface area contributed by atoms with Crippen molar-refractivity contribution < 1.29 is 13.2 Å². The fourth-order valence-electron chi connectivity index (χ4n) is 1.87. The molecule has 0 aliphatic rings. The van der Waals surface area contributed by atoms with Crippen LogP contribution < -0.4 is 5.32 Å². The van der Waals surface area contributed by atoms with E-state index in [1.807, 2.05) is 6.92 Å². The highest BCUT2D eigenvalue weighted by Crippen LogP contribution is 2.28. The Bertz CT molecular complexity index is 556. The van der Waals surface area contributed by atoms with Crippen molar-refractivity contribution in [3.05, 3.63) is 58.0 Å². The molecule has 2 nitrogen and oxygen atoms in total. The topological polar surface area (TPSA) is 25.2 Å². The molecule has 1 heterocycles. The van der Waals surface area contributed by atoms with Crippen LogP contribution >= 0.6 is 15.9 Å². The normalized spacial score (nSPS) is 12.6. The lowest BCUT2D eigenvalue weighted by Crippen LogP contribution is -2.23. The van der Waals surface area contributed by atoms with Gasteiger partial charge in [0.2, 0.25) is 0 Å². The van der Waals surface area contributed by atoms with Gasteiger partial charge in [0, 0.05) is 11.6 Å². The number of halogens is 3. The Balaban J connectivity index is 2.36. The van der Waals surface area contributed by atoms with Gasteiger partial charge in [0.05, 0.1) is 6.04 Å². The maximum atomic E-state index is 13.9. The Morgan fingerprint density at radius 2 is 2.05 bits per heavy atom. The maximum Gasteiger partial charge on any atom is 0.169 e. The second-order valence-electron chi connectivity index (χ2n) is 4.19. The van der Waals surface area contributed by atoms with Gasteiger partial charge in [-0.25, -0.2) is 8.78 Å². The summed E-state index contributed by atoms with van der Waals surface area (Å²) < 4.78 is 32.9. The maximum absolute atomic E-state index is 13.9. The predicted octanol–water partition coefficient (Wildman–Crippen LogP) is 4.41. The molecular formula is C14H14BrF2NO. The number of nitrogens with one attached hydrogen (secondary N) is 1. The second-order valence-corrected chi connectivity index (χ2v) is 4.98. The van der Waals surface area contributed by atoms with Crippen molar-refractivity contribution in [3.63, 3.8) is 0 Å². The zero-order valence-corrected chi connectivity index (χ0v) is 12.0. The minimum atomic E-state index is -0.587. The molecule has 1 atom stereocenters. The van der Waals surface area contributed by atoms with E-state index in [1.54, 1.807) is 12.1 Å². The highest BCUT2D eigenvalue weighted by atomic mass is 79.9. The van der Waals surface area contributed by atoms with Crippen molar-refractivity contribution in [2.45, 2.75) is 19.4 Å². The molecule has 0 aliphatic carbocycles. The first-order valence-corrected chi connectivity index (χ1v) is 6.84. The van der Waals surface area contributed by atoms with Gasteiger partial charge in [0.25, 0.3) is 0 Å². The minimum absolute atomic E-state index is 0.372. The number of hydrogen-bond donors (Lipinski definition) is 1. The zero-order valence-electron chi connectivity index (χ0n) is 10.4. The van der Waals surface area contributed by atoms with Gasteiger partial charge in [-0.15, -0.1) is 0 Å². The van der Waals surface area contributed by atoms with Gasteiger partial charge in [0.15, 0.2) is 4.67 Å². The first kappa shape index (κ1) is 14.2. The van der Waals surface area contributed by atoms with Crippen LogP contribution in [0.3, 0.4) is 0 Å². The molecular weight excluding hydrogens is 316 g/mol. The first-order valence-electron chi connectivity index (χ1n) is 6.05. The molecule has 102 valence electrons. The quantitative estimate of drug-likeness (QED) is 0.878. The van der Waals surface area contributed by atoms with Gasteiger partial charge < -0.3 is 9.73 Å². The summed E-state index contributed by atoms with van der Waals surface area (Å²) in [5.41, 5.74) is 0.372. The van der Waals surface area contributed by atoms with Gasteiger partial charge in [-0.3, -0.25) is 0 Å². The third-order valence-electron chi connectivity index (χ3n) is 2.75. The Labute approximate surface area is 118 Å². The summed E-state index contributed by atoms with van der Waals surface area (Å²) >= 11 is 3.22. The van der Waals surface area contributed by atoms with E-state index in [2.05, 4.69) is 21.2 Å². The van der Waals surface area contributed by atoms with Crippen LogP contribution in [0.25, 0.3) is 0 Å². The summed E-state index contributed by atoms with van der Waals surface area (Å²) in [6.45, 7) is 2.73. The van der Waals surface area contributed by atoms with E-state index in [0.29, 0.717) is 22.5 Å². The summed E-state index contributed by atoms with van der Waals surface area (Å²) in [6, 6.07) is 6.66.